The molecule has 1 fully saturated rings. The summed E-state index contributed by atoms with van der Waals surface area (Å²) in [7, 11) is 0. The van der Waals surface area contributed by atoms with E-state index in [1.807, 2.05) is 0 Å². The fourth-order valence-corrected chi connectivity index (χ4v) is 2.62. The maximum absolute atomic E-state index is 4.31. The van der Waals surface area contributed by atoms with Crippen LogP contribution in [0.1, 0.15) is 50.3 Å². The number of nitrogens with one attached hydrogen (secondary N) is 1. The second-order valence-corrected chi connectivity index (χ2v) is 5.16. The highest BCUT2D eigenvalue weighted by molar-refractivity contribution is 5.04. The van der Waals surface area contributed by atoms with Gasteiger partial charge in [0, 0.05) is 13.0 Å². The predicted octanol–water partition coefficient (Wildman–Crippen LogP) is 1.68. The van der Waals surface area contributed by atoms with Gasteiger partial charge < -0.3 is 9.88 Å². The highest BCUT2D eigenvalue weighted by Gasteiger charge is 2.23. The lowest BCUT2D eigenvalue weighted by atomic mass is 9.85. The van der Waals surface area contributed by atoms with Crippen molar-refractivity contribution < 1.29 is 0 Å². The quantitative estimate of drug-likeness (QED) is 0.839. The average Bonchev–Trinajstić information content (AvgIpc) is 2.74. The van der Waals surface area contributed by atoms with Crippen molar-refractivity contribution in [2.24, 2.45) is 5.92 Å². The van der Waals surface area contributed by atoms with Crippen molar-refractivity contribution in [3.63, 3.8) is 0 Å². The van der Waals surface area contributed by atoms with E-state index < -0.39 is 0 Å². The minimum absolute atomic E-state index is 0.347. The first kappa shape index (κ1) is 10.3. The van der Waals surface area contributed by atoms with E-state index in [1.165, 1.54) is 31.5 Å². The Morgan fingerprint density at radius 1 is 1.38 bits per heavy atom. The van der Waals surface area contributed by atoms with Crippen molar-refractivity contribution in [1.29, 1.82) is 0 Å². The van der Waals surface area contributed by atoms with Crippen molar-refractivity contribution in [3.05, 3.63) is 11.6 Å². The molecule has 2 heterocycles. The van der Waals surface area contributed by atoms with Crippen molar-refractivity contribution in [2.75, 3.05) is 6.54 Å². The molecule has 0 aromatic carbocycles. The molecular weight excluding hydrogens is 200 g/mol. The molecule has 4 heteroatoms. The van der Waals surface area contributed by atoms with Crippen LogP contribution in [0.3, 0.4) is 0 Å². The summed E-state index contributed by atoms with van der Waals surface area (Å²) < 4.78 is 2.29. The van der Waals surface area contributed by atoms with Crippen LogP contribution in [-0.2, 0) is 13.0 Å². The average molecular weight is 220 g/mol. The topological polar surface area (TPSA) is 42.7 Å². The van der Waals surface area contributed by atoms with Crippen LogP contribution in [0.25, 0.3) is 0 Å². The van der Waals surface area contributed by atoms with E-state index in [9.17, 15) is 0 Å². The molecule has 0 saturated heterocycles. The Morgan fingerprint density at radius 3 is 3.00 bits per heavy atom. The standard InChI is InChI=1S/C12H20N4/c1-9(13-8-10-4-2-5-10)12-15-14-11-6-3-7-16(11)12/h9-10,13H,2-8H2,1H3. The molecule has 1 aliphatic heterocycles. The number of hydrogen-bond acceptors (Lipinski definition) is 3. The molecule has 4 nitrogen and oxygen atoms in total. The fraction of sp³-hybridized carbons (Fsp3) is 0.833. The van der Waals surface area contributed by atoms with E-state index in [0.29, 0.717) is 6.04 Å². The molecule has 1 aliphatic carbocycles. The monoisotopic (exact) mass is 220 g/mol. The number of aromatic nitrogens is 3. The third kappa shape index (κ3) is 1.75. The molecule has 2 aliphatic rings. The van der Waals surface area contributed by atoms with Gasteiger partial charge in [0.15, 0.2) is 0 Å². The van der Waals surface area contributed by atoms with E-state index >= 15 is 0 Å². The van der Waals surface area contributed by atoms with E-state index in [0.717, 1.165) is 31.3 Å². The normalized spacial score (nSPS) is 21.8. The summed E-state index contributed by atoms with van der Waals surface area (Å²) in [5, 5.41) is 12.2. The van der Waals surface area contributed by atoms with Crippen molar-refractivity contribution >= 4 is 0 Å². The van der Waals surface area contributed by atoms with Crippen LogP contribution in [0.2, 0.25) is 0 Å². The molecule has 3 rings (SSSR count). The predicted molar refractivity (Wildman–Crippen MR) is 62.1 cm³/mol. The zero-order valence-electron chi connectivity index (χ0n) is 9.95. The van der Waals surface area contributed by atoms with E-state index in [4.69, 9.17) is 0 Å². The molecule has 1 atom stereocenters. The molecule has 0 amide bonds. The van der Waals surface area contributed by atoms with Gasteiger partial charge in [-0.2, -0.15) is 0 Å². The number of hydrogen-bond donors (Lipinski definition) is 1. The zero-order chi connectivity index (χ0) is 11.0. The third-order valence-corrected chi connectivity index (χ3v) is 3.96. The van der Waals surface area contributed by atoms with Crippen LogP contribution >= 0.6 is 0 Å². The van der Waals surface area contributed by atoms with Gasteiger partial charge in [-0.15, -0.1) is 10.2 Å². The number of fused-ring (bicyclic) bond motifs is 1. The Morgan fingerprint density at radius 2 is 2.25 bits per heavy atom. The number of aryl methyl sites for hydroxylation is 1. The summed E-state index contributed by atoms with van der Waals surface area (Å²) in [6.45, 7) is 4.45. The molecular formula is C12H20N4. The Kier molecular flexibility index (Phi) is 2.67. The largest absolute Gasteiger partial charge is 0.314 e. The first-order chi connectivity index (χ1) is 7.84. The third-order valence-electron chi connectivity index (χ3n) is 3.96. The second kappa shape index (κ2) is 4.17. The van der Waals surface area contributed by atoms with Crippen LogP contribution in [0.4, 0.5) is 0 Å². The fourth-order valence-electron chi connectivity index (χ4n) is 2.62. The van der Waals surface area contributed by atoms with Gasteiger partial charge in [-0.3, -0.25) is 0 Å². The summed E-state index contributed by atoms with van der Waals surface area (Å²) >= 11 is 0. The van der Waals surface area contributed by atoms with Gasteiger partial charge in [0.1, 0.15) is 11.6 Å². The van der Waals surface area contributed by atoms with Gasteiger partial charge in [0.2, 0.25) is 0 Å². The molecule has 1 N–H and O–H groups in total. The van der Waals surface area contributed by atoms with Gasteiger partial charge in [0.05, 0.1) is 6.04 Å². The molecule has 1 saturated carbocycles. The van der Waals surface area contributed by atoms with Crippen LogP contribution in [0, 0.1) is 5.92 Å². The molecule has 1 aromatic heterocycles. The number of nitrogens with zero attached hydrogens (tertiary/aromatic N) is 3. The summed E-state index contributed by atoms with van der Waals surface area (Å²) in [4.78, 5) is 0. The molecule has 0 radical (unpaired) electrons. The Bertz CT molecular complexity index is 367. The van der Waals surface area contributed by atoms with E-state index in [-0.39, 0.29) is 0 Å². The van der Waals surface area contributed by atoms with Crippen molar-refractivity contribution in [3.8, 4) is 0 Å². The SMILES string of the molecule is CC(NCC1CCC1)c1nnc2n1CCC2. The highest BCUT2D eigenvalue weighted by atomic mass is 15.3. The highest BCUT2D eigenvalue weighted by Crippen LogP contribution is 2.26. The van der Waals surface area contributed by atoms with E-state index in [1.54, 1.807) is 0 Å². The van der Waals surface area contributed by atoms with Gasteiger partial charge in [-0.1, -0.05) is 6.42 Å². The van der Waals surface area contributed by atoms with Gasteiger partial charge in [0.25, 0.3) is 0 Å². The van der Waals surface area contributed by atoms with Gasteiger partial charge in [-0.05, 0) is 38.6 Å². The molecule has 1 unspecified atom stereocenters. The van der Waals surface area contributed by atoms with Crippen LogP contribution in [-0.4, -0.2) is 21.3 Å². The van der Waals surface area contributed by atoms with Crippen molar-refractivity contribution in [2.45, 2.75) is 51.6 Å². The lowest BCUT2D eigenvalue weighted by Crippen LogP contribution is -2.30. The Balaban J connectivity index is 1.62. The smallest absolute Gasteiger partial charge is 0.149 e. The first-order valence-corrected chi connectivity index (χ1v) is 6.50. The lowest BCUT2D eigenvalue weighted by molar-refractivity contribution is 0.289. The maximum atomic E-state index is 4.31. The molecule has 0 bridgehead atoms. The van der Waals surface area contributed by atoms with E-state index in [2.05, 4.69) is 27.0 Å². The Hall–Kier alpha value is -0.900. The minimum atomic E-state index is 0.347. The summed E-state index contributed by atoms with van der Waals surface area (Å²) in [5.41, 5.74) is 0. The summed E-state index contributed by atoms with van der Waals surface area (Å²) in [6, 6.07) is 0.347. The molecule has 1 aromatic rings. The summed E-state index contributed by atoms with van der Waals surface area (Å²) in [5.74, 6) is 3.21. The van der Waals surface area contributed by atoms with Crippen LogP contribution in [0.15, 0.2) is 0 Å². The maximum Gasteiger partial charge on any atom is 0.149 e. The van der Waals surface area contributed by atoms with Crippen LogP contribution in [0.5, 0.6) is 0 Å². The second-order valence-electron chi connectivity index (χ2n) is 5.16. The Labute approximate surface area is 96.4 Å². The zero-order valence-corrected chi connectivity index (χ0v) is 9.95. The minimum Gasteiger partial charge on any atom is -0.314 e. The van der Waals surface area contributed by atoms with Gasteiger partial charge in [-0.25, -0.2) is 0 Å². The molecule has 16 heavy (non-hydrogen) atoms. The molecule has 0 spiro atoms. The first-order valence-electron chi connectivity index (χ1n) is 6.50. The van der Waals surface area contributed by atoms with Crippen molar-refractivity contribution in [1.82, 2.24) is 20.1 Å². The van der Waals surface area contributed by atoms with Crippen LogP contribution < -0.4 is 5.32 Å². The number of rotatable bonds is 4. The van der Waals surface area contributed by atoms with Gasteiger partial charge >= 0.3 is 0 Å². The molecule has 88 valence electrons. The lowest BCUT2D eigenvalue weighted by Gasteiger charge is -2.27. The summed E-state index contributed by atoms with van der Waals surface area (Å²) in [6.07, 6.45) is 6.55.